The molecular weight excluding hydrogens is 442 g/mol. The molecule has 3 aromatic rings. The van der Waals surface area contributed by atoms with Crippen LogP contribution in [0.1, 0.15) is 33.5 Å². The molecule has 7 heteroatoms. The molecule has 0 saturated heterocycles. The fraction of sp³-hybridized carbons (Fsp3) is 0.231. The molecule has 0 aliphatic carbocycles. The van der Waals surface area contributed by atoms with Crippen molar-refractivity contribution in [2.75, 3.05) is 18.1 Å². The Hall–Kier alpha value is -3.35. The van der Waals surface area contributed by atoms with E-state index in [4.69, 9.17) is 21.1 Å². The fourth-order valence-electron chi connectivity index (χ4n) is 4.28. The minimum Gasteiger partial charge on any atom is -0.486 e. The molecule has 3 aromatic carbocycles. The van der Waals surface area contributed by atoms with Gasteiger partial charge in [0.15, 0.2) is 22.9 Å². The number of fused-ring (bicyclic) bond motifs is 2. The van der Waals surface area contributed by atoms with Crippen molar-refractivity contribution in [2.45, 2.75) is 25.5 Å². The number of anilines is 1. The second-order valence-electron chi connectivity index (χ2n) is 8.36. The van der Waals surface area contributed by atoms with Gasteiger partial charge in [0.2, 0.25) is 0 Å². The average molecular weight is 464 g/mol. The summed E-state index contributed by atoms with van der Waals surface area (Å²) in [5.74, 6) is 0.105. The van der Waals surface area contributed by atoms with Crippen LogP contribution in [-0.4, -0.2) is 30.0 Å². The lowest BCUT2D eigenvalue weighted by atomic mass is 9.88. The zero-order valence-electron chi connectivity index (χ0n) is 18.0. The van der Waals surface area contributed by atoms with Crippen molar-refractivity contribution in [3.8, 4) is 11.5 Å². The van der Waals surface area contributed by atoms with Gasteiger partial charge in [-0.1, -0.05) is 41.4 Å². The first-order chi connectivity index (χ1) is 15.8. The predicted octanol–water partition coefficient (Wildman–Crippen LogP) is 4.43. The number of ether oxygens (including phenoxy) is 2. The second kappa shape index (κ2) is 8.21. The highest BCUT2D eigenvalue weighted by Gasteiger charge is 2.51. The number of ketones is 1. The molecule has 0 spiro atoms. The molecule has 5 rings (SSSR count). The first-order valence-corrected chi connectivity index (χ1v) is 11.1. The van der Waals surface area contributed by atoms with Crippen molar-refractivity contribution >= 4 is 29.0 Å². The first kappa shape index (κ1) is 21.5. The molecule has 0 aromatic heterocycles. The van der Waals surface area contributed by atoms with Crippen molar-refractivity contribution in [1.82, 2.24) is 0 Å². The van der Waals surface area contributed by atoms with Gasteiger partial charge in [-0.05, 0) is 48.9 Å². The third kappa shape index (κ3) is 3.86. The standard InChI is InChI=1S/C26H22ClNO5/c1-16-2-4-17(5-3-16)15-28-21-8-7-19(27)13-20(21)26(31,25(28)30)14-22(29)18-6-9-23-24(12-18)33-11-10-32-23/h2-9,12-13,31H,10-11,14-15H2,1H3. The number of aryl methyl sites for hydroxylation is 1. The van der Waals surface area contributed by atoms with Crippen LogP contribution in [0.4, 0.5) is 5.69 Å². The molecule has 2 heterocycles. The maximum atomic E-state index is 13.5. The molecule has 2 aliphatic heterocycles. The van der Waals surface area contributed by atoms with E-state index in [9.17, 15) is 14.7 Å². The molecule has 0 bridgehead atoms. The van der Waals surface area contributed by atoms with Crippen molar-refractivity contribution in [3.63, 3.8) is 0 Å². The van der Waals surface area contributed by atoms with Gasteiger partial charge in [0, 0.05) is 16.1 Å². The lowest BCUT2D eigenvalue weighted by molar-refractivity contribution is -0.136. The summed E-state index contributed by atoms with van der Waals surface area (Å²) in [5, 5.41) is 12.0. The van der Waals surface area contributed by atoms with E-state index in [0.717, 1.165) is 11.1 Å². The van der Waals surface area contributed by atoms with E-state index < -0.39 is 17.9 Å². The van der Waals surface area contributed by atoms with Crippen LogP contribution in [0.2, 0.25) is 5.02 Å². The van der Waals surface area contributed by atoms with Crippen molar-refractivity contribution in [1.29, 1.82) is 0 Å². The van der Waals surface area contributed by atoms with Gasteiger partial charge in [0.1, 0.15) is 13.2 Å². The van der Waals surface area contributed by atoms with Gasteiger partial charge >= 0.3 is 0 Å². The summed E-state index contributed by atoms with van der Waals surface area (Å²) < 4.78 is 11.1. The molecule has 168 valence electrons. The number of benzene rings is 3. The Morgan fingerprint density at radius 2 is 1.76 bits per heavy atom. The number of carbonyl (C=O) groups is 2. The van der Waals surface area contributed by atoms with Gasteiger partial charge in [0.05, 0.1) is 18.7 Å². The van der Waals surface area contributed by atoms with Crippen molar-refractivity contribution < 1.29 is 24.2 Å². The zero-order chi connectivity index (χ0) is 23.2. The van der Waals surface area contributed by atoms with E-state index in [0.29, 0.717) is 46.5 Å². The van der Waals surface area contributed by atoms with Crippen LogP contribution in [0.5, 0.6) is 11.5 Å². The van der Waals surface area contributed by atoms with Crippen LogP contribution < -0.4 is 14.4 Å². The normalized spacial score (nSPS) is 18.9. The van der Waals surface area contributed by atoms with E-state index in [1.54, 1.807) is 36.4 Å². The molecule has 1 atom stereocenters. The van der Waals surface area contributed by atoms with Crippen LogP contribution in [0, 0.1) is 6.92 Å². The number of amides is 1. The van der Waals surface area contributed by atoms with Crippen molar-refractivity contribution in [2.24, 2.45) is 0 Å². The fourth-order valence-corrected chi connectivity index (χ4v) is 4.45. The van der Waals surface area contributed by atoms with E-state index in [-0.39, 0.29) is 12.3 Å². The molecule has 33 heavy (non-hydrogen) atoms. The number of aliphatic hydroxyl groups is 1. The summed E-state index contributed by atoms with van der Waals surface area (Å²) in [6.45, 7) is 3.11. The summed E-state index contributed by atoms with van der Waals surface area (Å²) in [6.07, 6.45) is -0.413. The number of hydrogen-bond acceptors (Lipinski definition) is 5. The first-order valence-electron chi connectivity index (χ1n) is 10.7. The topological polar surface area (TPSA) is 76.1 Å². The Morgan fingerprint density at radius 1 is 1.03 bits per heavy atom. The van der Waals surface area contributed by atoms with Gasteiger partial charge in [0.25, 0.3) is 5.91 Å². The molecule has 0 saturated carbocycles. The van der Waals surface area contributed by atoms with Gasteiger partial charge in [-0.2, -0.15) is 0 Å². The maximum Gasteiger partial charge on any atom is 0.264 e. The largest absolute Gasteiger partial charge is 0.486 e. The summed E-state index contributed by atoms with van der Waals surface area (Å²) in [7, 11) is 0. The van der Waals surface area contributed by atoms with E-state index in [2.05, 4.69) is 0 Å². The number of Topliss-reactive ketones (excluding diaryl/α,β-unsaturated/α-hetero) is 1. The summed E-state index contributed by atoms with van der Waals surface area (Å²) in [4.78, 5) is 28.2. The molecule has 6 nitrogen and oxygen atoms in total. The van der Waals surface area contributed by atoms with Crippen LogP contribution in [0.15, 0.2) is 60.7 Å². The van der Waals surface area contributed by atoms with E-state index in [1.807, 2.05) is 31.2 Å². The van der Waals surface area contributed by atoms with Gasteiger partial charge in [-0.25, -0.2) is 0 Å². The molecule has 1 unspecified atom stereocenters. The predicted molar refractivity (Wildman–Crippen MR) is 124 cm³/mol. The van der Waals surface area contributed by atoms with Crippen LogP contribution in [0.3, 0.4) is 0 Å². The molecule has 1 N–H and O–H groups in total. The highest BCUT2D eigenvalue weighted by atomic mass is 35.5. The minimum absolute atomic E-state index is 0.272. The Balaban J connectivity index is 1.47. The number of carbonyl (C=O) groups excluding carboxylic acids is 2. The molecule has 1 amide bonds. The van der Waals surface area contributed by atoms with Crippen molar-refractivity contribution in [3.05, 3.63) is 87.9 Å². The molecule has 0 radical (unpaired) electrons. The van der Waals surface area contributed by atoms with Crippen LogP contribution in [0.25, 0.3) is 0 Å². The van der Waals surface area contributed by atoms with E-state index >= 15 is 0 Å². The Labute approximate surface area is 196 Å². The number of hydrogen-bond donors (Lipinski definition) is 1. The second-order valence-corrected chi connectivity index (χ2v) is 8.79. The Kier molecular flexibility index (Phi) is 5.35. The third-order valence-electron chi connectivity index (χ3n) is 6.04. The third-order valence-corrected chi connectivity index (χ3v) is 6.27. The van der Waals surface area contributed by atoms with Gasteiger partial charge in [-0.3, -0.25) is 9.59 Å². The lowest BCUT2D eigenvalue weighted by Crippen LogP contribution is -2.41. The lowest BCUT2D eigenvalue weighted by Gasteiger charge is -2.23. The maximum absolute atomic E-state index is 13.5. The minimum atomic E-state index is -2.02. The molecular formula is C26H22ClNO5. The van der Waals surface area contributed by atoms with Crippen LogP contribution in [-0.2, 0) is 16.9 Å². The zero-order valence-corrected chi connectivity index (χ0v) is 18.8. The van der Waals surface area contributed by atoms with E-state index in [1.165, 1.54) is 4.90 Å². The smallest absolute Gasteiger partial charge is 0.264 e. The summed E-state index contributed by atoms with van der Waals surface area (Å²) in [5.41, 5.74) is 1.22. The quantitative estimate of drug-likeness (QED) is 0.566. The highest BCUT2D eigenvalue weighted by molar-refractivity contribution is 6.31. The summed E-state index contributed by atoms with van der Waals surface area (Å²) >= 11 is 6.20. The SMILES string of the molecule is Cc1ccc(CN2C(=O)C(O)(CC(=O)c3ccc4c(c3)OCCO4)c3cc(Cl)ccc32)cc1. The highest BCUT2D eigenvalue weighted by Crippen LogP contribution is 2.45. The number of halogens is 1. The van der Waals surface area contributed by atoms with Gasteiger partial charge < -0.3 is 19.5 Å². The summed E-state index contributed by atoms with van der Waals surface area (Å²) in [6, 6.07) is 17.6. The number of nitrogens with zero attached hydrogens (tertiary/aromatic N) is 1. The monoisotopic (exact) mass is 463 g/mol. The number of rotatable bonds is 5. The average Bonchev–Trinajstić information content (AvgIpc) is 3.01. The van der Waals surface area contributed by atoms with Gasteiger partial charge in [-0.15, -0.1) is 0 Å². The molecule has 0 fully saturated rings. The Morgan fingerprint density at radius 3 is 2.52 bits per heavy atom. The van der Waals surface area contributed by atoms with Crippen LogP contribution >= 0.6 is 11.6 Å². The Bertz CT molecular complexity index is 1260. The molecule has 2 aliphatic rings.